The van der Waals surface area contributed by atoms with E-state index in [9.17, 15) is 0 Å². The standard InChI is InChI=1S/C28H28Cl4Si2/c1-13-9-15(29)23-24-16(30)10-14(2)22-20(34(6,7)8)12-18(32)26(28(22)24)25-17(31)11-19(33(3,4)5)21(13)27(23)25/h9-12H,1-8H3. The van der Waals surface area contributed by atoms with E-state index in [0.29, 0.717) is 10.0 Å². The highest BCUT2D eigenvalue weighted by Gasteiger charge is 2.30. The number of aryl methyl sites for hydroxylation is 2. The molecule has 5 aromatic rings. The van der Waals surface area contributed by atoms with Gasteiger partial charge in [0, 0.05) is 52.4 Å². The van der Waals surface area contributed by atoms with Gasteiger partial charge in [0.05, 0.1) is 16.1 Å². The summed E-state index contributed by atoms with van der Waals surface area (Å²) < 4.78 is 0. The first kappa shape index (κ1) is 24.7. The SMILES string of the molecule is Cc1cc(Cl)c2c3c(Cl)cc(C)c4c([Si](C)(C)C)cc(Cl)c(c5c(Cl)cc([Si](C)(C)C)c1c25)c43. The van der Waals surface area contributed by atoms with Gasteiger partial charge in [-0.25, -0.2) is 0 Å². The van der Waals surface area contributed by atoms with Crippen LogP contribution in [0.5, 0.6) is 0 Å². The van der Waals surface area contributed by atoms with Crippen LogP contribution in [0.25, 0.3) is 43.1 Å². The molecule has 0 atom stereocenters. The van der Waals surface area contributed by atoms with Crippen molar-refractivity contribution in [3.8, 4) is 0 Å². The lowest BCUT2D eigenvalue weighted by molar-refractivity contribution is 1.54. The molecule has 0 aliphatic carbocycles. The van der Waals surface area contributed by atoms with Gasteiger partial charge in [-0.15, -0.1) is 0 Å². The van der Waals surface area contributed by atoms with Crippen molar-refractivity contribution in [3.63, 3.8) is 0 Å². The topological polar surface area (TPSA) is 0 Å². The Morgan fingerprint density at radius 1 is 0.412 bits per heavy atom. The van der Waals surface area contributed by atoms with Gasteiger partial charge in [0.25, 0.3) is 0 Å². The van der Waals surface area contributed by atoms with Gasteiger partial charge in [-0.2, -0.15) is 0 Å². The number of fused-ring (bicyclic) bond motifs is 2. The normalized spacial score (nSPS) is 13.3. The Hall–Kier alpha value is -1.01. The zero-order valence-electron chi connectivity index (χ0n) is 20.8. The molecule has 0 aliphatic rings. The van der Waals surface area contributed by atoms with Gasteiger partial charge in [-0.1, -0.05) is 96.1 Å². The van der Waals surface area contributed by atoms with Crippen LogP contribution in [0.15, 0.2) is 24.3 Å². The molecule has 0 heterocycles. The van der Waals surface area contributed by atoms with E-state index < -0.39 is 16.1 Å². The Bertz CT molecular complexity index is 1530. The van der Waals surface area contributed by atoms with Gasteiger partial charge in [0.1, 0.15) is 0 Å². The lowest BCUT2D eigenvalue weighted by Gasteiger charge is -2.28. The predicted octanol–water partition coefficient (Wildman–Crippen LogP) is 10.1. The molecule has 0 saturated heterocycles. The molecular formula is C28H28Cl4Si2. The van der Waals surface area contributed by atoms with Gasteiger partial charge < -0.3 is 0 Å². The van der Waals surface area contributed by atoms with Crippen LogP contribution in [0.3, 0.4) is 0 Å². The Labute approximate surface area is 223 Å². The predicted molar refractivity (Wildman–Crippen MR) is 163 cm³/mol. The largest absolute Gasteiger partial charge is 0.0836 e. The molecule has 0 aromatic heterocycles. The van der Waals surface area contributed by atoms with E-state index in [2.05, 4.69) is 77.4 Å². The maximum Gasteiger partial charge on any atom is 0.0784 e. The average Bonchev–Trinajstić information content (AvgIpc) is 2.68. The van der Waals surface area contributed by atoms with Crippen molar-refractivity contribution in [1.82, 2.24) is 0 Å². The van der Waals surface area contributed by atoms with Crippen molar-refractivity contribution >= 4 is 116 Å². The van der Waals surface area contributed by atoms with E-state index in [0.717, 1.165) is 53.5 Å². The molecule has 5 rings (SSSR count). The third-order valence-electron chi connectivity index (χ3n) is 7.13. The first-order chi connectivity index (χ1) is 15.6. The Morgan fingerprint density at radius 3 is 0.941 bits per heavy atom. The molecule has 0 spiro atoms. The molecule has 0 nitrogen and oxygen atoms in total. The van der Waals surface area contributed by atoms with Crippen LogP contribution in [0, 0.1) is 13.8 Å². The van der Waals surface area contributed by atoms with E-state index in [4.69, 9.17) is 46.4 Å². The maximum absolute atomic E-state index is 7.15. The van der Waals surface area contributed by atoms with E-state index in [1.165, 1.54) is 21.1 Å². The van der Waals surface area contributed by atoms with E-state index >= 15 is 0 Å². The van der Waals surface area contributed by atoms with Crippen LogP contribution in [0.4, 0.5) is 0 Å². The maximum atomic E-state index is 7.15. The molecule has 0 N–H and O–H groups in total. The fourth-order valence-electron chi connectivity index (χ4n) is 5.69. The molecule has 0 aliphatic heterocycles. The summed E-state index contributed by atoms with van der Waals surface area (Å²) in [7, 11) is -3.45. The van der Waals surface area contributed by atoms with Crippen molar-refractivity contribution in [2.24, 2.45) is 0 Å². The summed E-state index contributed by atoms with van der Waals surface area (Å²) in [5, 5.41) is 14.2. The van der Waals surface area contributed by atoms with Crippen molar-refractivity contribution in [2.45, 2.75) is 53.1 Å². The molecule has 0 bridgehead atoms. The van der Waals surface area contributed by atoms with Crippen molar-refractivity contribution in [3.05, 3.63) is 55.5 Å². The van der Waals surface area contributed by atoms with Gasteiger partial charge in [-0.05, 0) is 60.0 Å². The number of halogens is 4. The third kappa shape index (κ3) is 3.37. The molecule has 0 saturated carbocycles. The average molecular weight is 563 g/mol. The smallest absolute Gasteiger partial charge is 0.0784 e. The first-order valence-corrected chi connectivity index (χ1v) is 20.1. The fourth-order valence-corrected chi connectivity index (χ4v) is 10.5. The van der Waals surface area contributed by atoms with E-state index in [1.807, 2.05) is 0 Å². The second-order valence-corrected chi connectivity index (χ2v) is 23.4. The molecule has 0 radical (unpaired) electrons. The minimum Gasteiger partial charge on any atom is -0.0836 e. The number of hydrogen-bond donors (Lipinski definition) is 0. The molecular weight excluding hydrogens is 534 g/mol. The van der Waals surface area contributed by atoms with Gasteiger partial charge >= 0.3 is 0 Å². The van der Waals surface area contributed by atoms with Gasteiger partial charge in [0.15, 0.2) is 0 Å². The highest BCUT2D eigenvalue weighted by Crippen LogP contribution is 2.50. The zero-order valence-corrected chi connectivity index (χ0v) is 25.8. The molecule has 6 heteroatoms. The number of benzene rings is 5. The summed E-state index contributed by atoms with van der Waals surface area (Å²) in [6.45, 7) is 18.4. The molecule has 0 unspecified atom stereocenters. The third-order valence-corrected chi connectivity index (χ3v) is 12.3. The van der Waals surface area contributed by atoms with Crippen LogP contribution in [0.2, 0.25) is 59.4 Å². The summed E-state index contributed by atoms with van der Waals surface area (Å²) in [6, 6.07) is 8.56. The van der Waals surface area contributed by atoms with Crippen LogP contribution < -0.4 is 10.4 Å². The fraction of sp³-hybridized carbons (Fsp3) is 0.286. The second kappa shape index (κ2) is 7.74. The first-order valence-electron chi connectivity index (χ1n) is 11.6. The van der Waals surface area contributed by atoms with Crippen molar-refractivity contribution in [1.29, 1.82) is 0 Å². The molecule has 34 heavy (non-hydrogen) atoms. The minimum atomic E-state index is -1.72. The molecule has 5 aromatic carbocycles. The highest BCUT2D eigenvalue weighted by atomic mass is 35.5. The number of rotatable bonds is 2. The van der Waals surface area contributed by atoms with Crippen molar-refractivity contribution < 1.29 is 0 Å². The summed E-state index contributed by atoms with van der Waals surface area (Å²) in [6.07, 6.45) is 0. The lowest BCUT2D eigenvalue weighted by Crippen LogP contribution is -2.39. The van der Waals surface area contributed by atoms with Gasteiger partial charge in [-0.3, -0.25) is 0 Å². The molecule has 176 valence electrons. The second-order valence-electron chi connectivity index (χ2n) is 11.7. The summed E-state index contributed by atoms with van der Waals surface area (Å²) >= 11 is 28.4. The van der Waals surface area contributed by atoms with E-state index in [-0.39, 0.29) is 0 Å². The zero-order chi connectivity index (χ0) is 25.1. The Balaban J connectivity index is 2.29. The van der Waals surface area contributed by atoms with E-state index in [1.54, 1.807) is 0 Å². The summed E-state index contributed by atoms with van der Waals surface area (Å²) in [5.41, 5.74) is 2.33. The Morgan fingerprint density at radius 2 is 0.676 bits per heavy atom. The summed E-state index contributed by atoms with van der Waals surface area (Å²) in [5.74, 6) is 0. The highest BCUT2D eigenvalue weighted by molar-refractivity contribution is 6.91. The van der Waals surface area contributed by atoms with Crippen molar-refractivity contribution in [2.75, 3.05) is 0 Å². The quantitative estimate of drug-likeness (QED) is 0.114. The monoisotopic (exact) mass is 560 g/mol. The van der Waals surface area contributed by atoms with Crippen LogP contribution in [0.1, 0.15) is 11.1 Å². The minimum absolute atomic E-state index is 0.710. The van der Waals surface area contributed by atoms with Crippen LogP contribution in [-0.2, 0) is 0 Å². The lowest BCUT2D eigenvalue weighted by atomic mass is 9.87. The number of hydrogen-bond acceptors (Lipinski definition) is 0. The molecule has 0 amide bonds. The molecule has 0 fully saturated rings. The summed E-state index contributed by atoms with van der Waals surface area (Å²) in [4.78, 5) is 0. The Kier molecular flexibility index (Phi) is 5.62. The van der Waals surface area contributed by atoms with Gasteiger partial charge in [0.2, 0.25) is 0 Å². The van der Waals surface area contributed by atoms with Crippen LogP contribution in [-0.4, -0.2) is 16.1 Å². The van der Waals surface area contributed by atoms with Crippen LogP contribution >= 0.6 is 46.4 Å².